The molecule has 2 amide bonds. The second kappa shape index (κ2) is 9.09. The molecule has 2 aliphatic heterocycles. The molecule has 1 unspecified atom stereocenters. The zero-order chi connectivity index (χ0) is 25.4. The molecule has 8 nitrogen and oxygen atoms in total. The Morgan fingerprint density at radius 2 is 1.91 bits per heavy atom. The van der Waals surface area contributed by atoms with Gasteiger partial charge in [-0.15, -0.1) is 0 Å². The van der Waals surface area contributed by atoms with Gasteiger partial charge in [0.15, 0.2) is 0 Å². The van der Waals surface area contributed by atoms with E-state index in [2.05, 4.69) is 10.3 Å². The summed E-state index contributed by atoms with van der Waals surface area (Å²) in [7, 11) is 1.49. The topological polar surface area (TPSA) is 109 Å². The molecular weight excluding hydrogens is 463 g/mol. The van der Waals surface area contributed by atoms with Gasteiger partial charge in [-0.3, -0.25) is 14.4 Å². The molecule has 184 valence electrons. The Morgan fingerprint density at radius 1 is 1.20 bits per heavy atom. The molecule has 0 aliphatic carbocycles. The summed E-state index contributed by atoms with van der Waals surface area (Å²) in [5, 5.41) is 11.6. The molecule has 2 saturated heterocycles. The third kappa shape index (κ3) is 4.73. The van der Waals surface area contributed by atoms with Crippen LogP contribution in [-0.4, -0.2) is 54.4 Å². The number of aromatic nitrogens is 1. The highest BCUT2D eigenvalue weighted by Crippen LogP contribution is 2.45. The van der Waals surface area contributed by atoms with Crippen LogP contribution in [0.2, 0.25) is 0 Å². The molecule has 1 spiro atoms. The van der Waals surface area contributed by atoms with Crippen molar-refractivity contribution in [2.24, 2.45) is 5.41 Å². The van der Waals surface area contributed by atoms with E-state index in [4.69, 9.17) is 5.26 Å². The summed E-state index contributed by atoms with van der Waals surface area (Å²) >= 11 is 0. The van der Waals surface area contributed by atoms with Gasteiger partial charge in [0.2, 0.25) is 11.5 Å². The van der Waals surface area contributed by atoms with Crippen LogP contribution < -0.4 is 15.8 Å². The molecule has 3 heterocycles. The van der Waals surface area contributed by atoms with E-state index in [9.17, 15) is 27.6 Å². The van der Waals surface area contributed by atoms with E-state index >= 15 is 0 Å². The number of aromatic amines is 1. The molecule has 35 heavy (non-hydrogen) atoms. The number of nitrogens with one attached hydrogen (secondary N) is 2. The van der Waals surface area contributed by atoms with Crippen LogP contribution in [-0.2, 0) is 11.0 Å². The number of amides is 2. The number of piperidine rings is 1. The summed E-state index contributed by atoms with van der Waals surface area (Å²) in [6.45, 7) is 1.19. The number of pyridine rings is 1. The number of H-pyrrole nitrogens is 1. The number of hydrogen-bond donors (Lipinski definition) is 2. The standard InChI is InChI=1S/C24H24F3N5O3/c1-29-21(34)19-12-23(14-32(19)22(35)15-4-7-30-20(33)10-15)5-8-31(9-6-23)17-3-2-16(13-28)18(11-17)24(25,26)27/h2-4,7,10-11,19H,5-6,8-9,12,14H2,1H3,(H,29,34)(H,30,33). The summed E-state index contributed by atoms with van der Waals surface area (Å²) < 4.78 is 40.2. The van der Waals surface area contributed by atoms with Crippen molar-refractivity contribution >= 4 is 17.5 Å². The minimum absolute atomic E-state index is 0.189. The van der Waals surface area contributed by atoms with E-state index in [1.165, 1.54) is 42.4 Å². The number of rotatable bonds is 3. The van der Waals surface area contributed by atoms with Gasteiger partial charge in [-0.05, 0) is 48.9 Å². The Bertz CT molecular complexity index is 1240. The minimum Gasteiger partial charge on any atom is -0.371 e. The van der Waals surface area contributed by atoms with E-state index in [1.54, 1.807) is 6.07 Å². The van der Waals surface area contributed by atoms with Crippen LogP contribution in [0, 0.1) is 16.7 Å². The summed E-state index contributed by atoms with van der Waals surface area (Å²) in [5.41, 5.74) is -1.61. The Hall–Kier alpha value is -3.81. The maximum atomic E-state index is 13.4. The van der Waals surface area contributed by atoms with Crippen molar-refractivity contribution in [2.45, 2.75) is 31.5 Å². The summed E-state index contributed by atoms with van der Waals surface area (Å²) in [5.74, 6) is -0.713. The maximum Gasteiger partial charge on any atom is 0.417 e. The van der Waals surface area contributed by atoms with Gasteiger partial charge in [-0.2, -0.15) is 18.4 Å². The molecule has 2 fully saturated rings. The number of likely N-dealkylation sites (tertiary alicyclic amines) is 1. The highest BCUT2D eigenvalue weighted by molar-refractivity contribution is 5.98. The van der Waals surface area contributed by atoms with Crippen LogP contribution in [0.4, 0.5) is 18.9 Å². The maximum absolute atomic E-state index is 13.4. The van der Waals surface area contributed by atoms with Crippen LogP contribution in [0.25, 0.3) is 0 Å². The lowest BCUT2D eigenvalue weighted by atomic mass is 9.76. The fourth-order valence-corrected chi connectivity index (χ4v) is 5.08. The quantitative estimate of drug-likeness (QED) is 0.692. The molecule has 4 rings (SSSR count). The van der Waals surface area contributed by atoms with Gasteiger partial charge in [0, 0.05) is 50.2 Å². The molecule has 11 heteroatoms. The average molecular weight is 487 g/mol. The fraction of sp³-hybridized carbons (Fsp3) is 0.417. The van der Waals surface area contributed by atoms with Crippen molar-refractivity contribution in [3.8, 4) is 6.07 Å². The van der Waals surface area contributed by atoms with E-state index in [-0.39, 0.29) is 16.9 Å². The van der Waals surface area contributed by atoms with Gasteiger partial charge in [-0.1, -0.05) is 0 Å². The number of hydrogen-bond acceptors (Lipinski definition) is 5. The van der Waals surface area contributed by atoms with Crippen molar-refractivity contribution < 1.29 is 22.8 Å². The first-order chi connectivity index (χ1) is 16.6. The number of nitriles is 1. The SMILES string of the molecule is CNC(=O)C1CC2(CCN(c3ccc(C#N)c(C(F)(F)F)c3)CC2)CN1C(=O)c1cc[nH]c(=O)c1. The molecule has 0 radical (unpaired) electrons. The average Bonchev–Trinajstić information content (AvgIpc) is 3.21. The number of nitrogens with zero attached hydrogens (tertiary/aromatic N) is 3. The molecule has 0 saturated carbocycles. The number of anilines is 1. The Kier molecular flexibility index (Phi) is 6.32. The highest BCUT2D eigenvalue weighted by atomic mass is 19.4. The number of benzene rings is 1. The van der Waals surface area contributed by atoms with Gasteiger partial charge in [-0.25, -0.2) is 0 Å². The lowest BCUT2D eigenvalue weighted by Gasteiger charge is -2.40. The first kappa shape index (κ1) is 24.3. The molecular formula is C24H24F3N5O3. The van der Waals surface area contributed by atoms with Crippen molar-refractivity contribution in [3.05, 3.63) is 63.6 Å². The van der Waals surface area contributed by atoms with Crippen LogP contribution >= 0.6 is 0 Å². The van der Waals surface area contributed by atoms with Crippen molar-refractivity contribution in [1.82, 2.24) is 15.2 Å². The number of carbonyl (C=O) groups excluding carboxylic acids is 2. The number of alkyl halides is 3. The van der Waals surface area contributed by atoms with E-state index in [1.807, 2.05) is 4.90 Å². The lowest BCUT2D eigenvalue weighted by Crippen LogP contribution is -2.45. The predicted molar refractivity (Wildman–Crippen MR) is 121 cm³/mol. The monoisotopic (exact) mass is 487 g/mol. The second-order valence-corrected chi connectivity index (χ2v) is 9.04. The minimum atomic E-state index is -4.63. The first-order valence-corrected chi connectivity index (χ1v) is 11.1. The van der Waals surface area contributed by atoms with Crippen LogP contribution in [0.5, 0.6) is 0 Å². The van der Waals surface area contributed by atoms with Crippen molar-refractivity contribution in [3.63, 3.8) is 0 Å². The Balaban J connectivity index is 1.54. The summed E-state index contributed by atoms with van der Waals surface area (Å²) in [6.07, 6.45) is -1.69. The third-order valence-corrected chi connectivity index (χ3v) is 6.96. The first-order valence-electron chi connectivity index (χ1n) is 11.1. The van der Waals surface area contributed by atoms with Crippen LogP contribution in [0.3, 0.4) is 0 Å². The third-order valence-electron chi connectivity index (χ3n) is 6.96. The van der Waals surface area contributed by atoms with Crippen molar-refractivity contribution in [2.75, 3.05) is 31.6 Å². The summed E-state index contributed by atoms with van der Waals surface area (Å²) in [6, 6.07) is 7.26. The lowest BCUT2D eigenvalue weighted by molar-refractivity contribution is -0.137. The predicted octanol–water partition coefficient (Wildman–Crippen LogP) is 2.51. The number of halogens is 3. The summed E-state index contributed by atoms with van der Waals surface area (Å²) in [4.78, 5) is 43.3. The van der Waals surface area contributed by atoms with E-state index in [0.717, 1.165) is 6.07 Å². The van der Waals surface area contributed by atoms with Crippen LogP contribution in [0.15, 0.2) is 41.3 Å². The molecule has 2 aromatic rings. The number of likely N-dealkylation sites (N-methyl/N-ethyl adjacent to an activating group) is 1. The van der Waals surface area contributed by atoms with E-state index in [0.29, 0.717) is 44.6 Å². The molecule has 0 bridgehead atoms. The Labute approximate surface area is 199 Å². The highest BCUT2D eigenvalue weighted by Gasteiger charge is 2.49. The largest absolute Gasteiger partial charge is 0.417 e. The molecule has 1 aromatic heterocycles. The van der Waals surface area contributed by atoms with E-state index < -0.39 is 34.8 Å². The van der Waals surface area contributed by atoms with Gasteiger partial charge >= 0.3 is 6.18 Å². The molecule has 1 atom stereocenters. The van der Waals surface area contributed by atoms with Gasteiger partial charge in [0.1, 0.15) is 6.04 Å². The molecule has 1 aromatic carbocycles. The smallest absolute Gasteiger partial charge is 0.371 e. The molecule has 2 aliphatic rings. The fourth-order valence-electron chi connectivity index (χ4n) is 5.08. The Morgan fingerprint density at radius 3 is 2.51 bits per heavy atom. The zero-order valence-corrected chi connectivity index (χ0v) is 19.0. The second-order valence-electron chi connectivity index (χ2n) is 9.04. The van der Waals surface area contributed by atoms with Gasteiger partial charge in [0.25, 0.3) is 5.91 Å². The zero-order valence-electron chi connectivity index (χ0n) is 19.0. The van der Waals surface area contributed by atoms with Crippen molar-refractivity contribution in [1.29, 1.82) is 5.26 Å². The van der Waals surface area contributed by atoms with Gasteiger partial charge in [0.05, 0.1) is 17.2 Å². The molecule has 2 N–H and O–H groups in total. The van der Waals surface area contributed by atoms with Crippen LogP contribution in [0.1, 0.15) is 40.7 Å². The van der Waals surface area contributed by atoms with Gasteiger partial charge < -0.3 is 20.1 Å². The normalized spacial score (nSPS) is 19.5. The number of carbonyl (C=O) groups is 2.